The highest BCUT2D eigenvalue weighted by molar-refractivity contribution is 5.94. The number of anilines is 1. The van der Waals surface area contributed by atoms with Gasteiger partial charge in [0.25, 0.3) is 5.91 Å². The van der Waals surface area contributed by atoms with E-state index in [0.29, 0.717) is 19.0 Å². The lowest BCUT2D eigenvalue weighted by atomic mass is 9.85. The van der Waals surface area contributed by atoms with Crippen molar-refractivity contribution in [3.05, 3.63) is 29.3 Å². The normalized spacial score (nSPS) is 14.9. The SMILES string of the molecule is CCNc1c(F)cc(C(=O)NCC2CCC2)cc1F. The van der Waals surface area contributed by atoms with Gasteiger partial charge in [-0.1, -0.05) is 6.42 Å². The maximum atomic E-state index is 13.7. The minimum absolute atomic E-state index is 0.0241. The van der Waals surface area contributed by atoms with Crippen LogP contribution in [-0.2, 0) is 0 Å². The van der Waals surface area contributed by atoms with Crippen LogP contribution in [0.1, 0.15) is 36.5 Å². The molecule has 2 N–H and O–H groups in total. The van der Waals surface area contributed by atoms with Gasteiger partial charge in [0.1, 0.15) is 17.3 Å². The van der Waals surface area contributed by atoms with Gasteiger partial charge < -0.3 is 10.6 Å². The third-order valence-electron chi connectivity index (χ3n) is 3.43. The van der Waals surface area contributed by atoms with Crippen LogP contribution >= 0.6 is 0 Å². The van der Waals surface area contributed by atoms with Gasteiger partial charge in [0, 0.05) is 18.7 Å². The van der Waals surface area contributed by atoms with E-state index in [4.69, 9.17) is 0 Å². The van der Waals surface area contributed by atoms with Crippen LogP contribution in [0.4, 0.5) is 14.5 Å². The first-order chi connectivity index (χ1) is 9.11. The molecule has 0 atom stereocenters. The summed E-state index contributed by atoms with van der Waals surface area (Å²) in [5, 5.41) is 5.31. The molecule has 0 bridgehead atoms. The molecule has 0 aromatic heterocycles. The second-order valence-corrected chi connectivity index (χ2v) is 4.85. The zero-order valence-electron chi connectivity index (χ0n) is 10.9. The average molecular weight is 268 g/mol. The molecule has 1 fully saturated rings. The monoisotopic (exact) mass is 268 g/mol. The van der Waals surface area contributed by atoms with Crippen molar-refractivity contribution in [1.82, 2.24) is 5.32 Å². The number of benzene rings is 1. The van der Waals surface area contributed by atoms with Crippen molar-refractivity contribution in [3.63, 3.8) is 0 Å². The Morgan fingerprint density at radius 1 is 1.32 bits per heavy atom. The van der Waals surface area contributed by atoms with E-state index in [9.17, 15) is 13.6 Å². The Morgan fingerprint density at radius 2 is 1.95 bits per heavy atom. The summed E-state index contributed by atoms with van der Waals surface area (Å²) in [6, 6.07) is 2.13. The summed E-state index contributed by atoms with van der Waals surface area (Å²) in [6.07, 6.45) is 3.42. The Labute approximate surface area is 111 Å². The largest absolute Gasteiger partial charge is 0.381 e. The van der Waals surface area contributed by atoms with E-state index in [1.165, 1.54) is 6.42 Å². The first-order valence-electron chi connectivity index (χ1n) is 6.63. The maximum absolute atomic E-state index is 13.7. The number of halogens is 2. The molecule has 1 aliphatic rings. The zero-order valence-corrected chi connectivity index (χ0v) is 10.9. The van der Waals surface area contributed by atoms with Gasteiger partial charge in [0.05, 0.1) is 0 Å². The van der Waals surface area contributed by atoms with Gasteiger partial charge in [-0.15, -0.1) is 0 Å². The molecular formula is C14H18F2N2O. The van der Waals surface area contributed by atoms with Crippen LogP contribution in [0.2, 0.25) is 0 Å². The average Bonchev–Trinajstić information content (AvgIpc) is 2.31. The minimum atomic E-state index is -0.740. The summed E-state index contributed by atoms with van der Waals surface area (Å²) in [5.41, 5.74) is -0.158. The van der Waals surface area contributed by atoms with Crippen molar-refractivity contribution < 1.29 is 13.6 Å². The quantitative estimate of drug-likeness (QED) is 0.862. The third-order valence-corrected chi connectivity index (χ3v) is 3.43. The number of hydrogen-bond acceptors (Lipinski definition) is 2. The molecule has 0 spiro atoms. The predicted molar refractivity (Wildman–Crippen MR) is 70.2 cm³/mol. The summed E-state index contributed by atoms with van der Waals surface area (Å²) in [7, 11) is 0. The molecule has 5 heteroatoms. The van der Waals surface area contributed by atoms with E-state index < -0.39 is 17.5 Å². The summed E-state index contributed by atoms with van der Waals surface area (Å²) < 4.78 is 27.3. The topological polar surface area (TPSA) is 41.1 Å². The van der Waals surface area contributed by atoms with Crippen LogP contribution in [0.5, 0.6) is 0 Å². The van der Waals surface area contributed by atoms with Crippen LogP contribution in [-0.4, -0.2) is 19.0 Å². The summed E-state index contributed by atoms with van der Waals surface area (Å²) in [4.78, 5) is 11.8. The summed E-state index contributed by atoms with van der Waals surface area (Å²) in [5.74, 6) is -1.39. The lowest BCUT2D eigenvalue weighted by Gasteiger charge is -2.25. The van der Waals surface area contributed by atoms with Crippen molar-refractivity contribution in [3.8, 4) is 0 Å². The molecule has 1 aromatic carbocycles. The number of carbonyl (C=O) groups is 1. The molecule has 1 amide bonds. The Bertz CT molecular complexity index is 450. The van der Waals surface area contributed by atoms with E-state index in [1.54, 1.807) is 6.92 Å². The highest BCUT2D eigenvalue weighted by Crippen LogP contribution is 2.25. The molecule has 0 heterocycles. The van der Waals surface area contributed by atoms with E-state index in [0.717, 1.165) is 25.0 Å². The highest BCUT2D eigenvalue weighted by atomic mass is 19.1. The van der Waals surface area contributed by atoms with Crippen LogP contribution in [0.3, 0.4) is 0 Å². The van der Waals surface area contributed by atoms with Crippen LogP contribution in [0.15, 0.2) is 12.1 Å². The van der Waals surface area contributed by atoms with Crippen molar-refractivity contribution in [2.75, 3.05) is 18.4 Å². The van der Waals surface area contributed by atoms with Gasteiger partial charge in [-0.2, -0.15) is 0 Å². The van der Waals surface area contributed by atoms with Crippen LogP contribution in [0, 0.1) is 17.6 Å². The fraction of sp³-hybridized carbons (Fsp3) is 0.500. The van der Waals surface area contributed by atoms with E-state index in [2.05, 4.69) is 10.6 Å². The molecule has 0 radical (unpaired) electrons. The standard InChI is InChI=1S/C14H18F2N2O/c1-2-17-13-11(15)6-10(7-12(13)16)14(19)18-8-9-4-3-5-9/h6-7,9,17H,2-5,8H2,1H3,(H,18,19). The van der Waals surface area contributed by atoms with Crippen molar-refractivity contribution in [1.29, 1.82) is 0 Å². The Hall–Kier alpha value is -1.65. The molecular weight excluding hydrogens is 250 g/mol. The van der Waals surface area contributed by atoms with Crippen molar-refractivity contribution in [2.45, 2.75) is 26.2 Å². The van der Waals surface area contributed by atoms with Gasteiger partial charge >= 0.3 is 0 Å². The molecule has 1 saturated carbocycles. The number of amides is 1. The molecule has 1 aliphatic carbocycles. The lowest BCUT2D eigenvalue weighted by molar-refractivity contribution is 0.0938. The maximum Gasteiger partial charge on any atom is 0.251 e. The van der Waals surface area contributed by atoms with Gasteiger partial charge in [-0.05, 0) is 37.8 Å². The fourth-order valence-corrected chi connectivity index (χ4v) is 2.09. The summed E-state index contributed by atoms with van der Waals surface area (Å²) in [6.45, 7) is 2.75. The Balaban J connectivity index is 2.04. The fourth-order valence-electron chi connectivity index (χ4n) is 2.09. The van der Waals surface area contributed by atoms with Crippen LogP contribution < -0.4 is 10.6 Å². The summed E-state index contributed by atoms with van der Waals surface area (Å²) >= 11 is 0. The second-order valence-electron chi connectivity index (χ2n) is 4.85. The zero-order chi connectivity index (χ0) is 13.8. The number of rotatable bonds is 5. The van der Waals surface area contributed by atoms with Crippen LogP contribution in [0.25, 0.3) is 0 Å². The molecule has 2 rings (SSSR count). The van der Waals surface area contributed by atoms with Gasteiger partial charge in [-0.25, -0.2) is 8.78 Å². The van der Waals surface area contributed by atoms with E-state index in [-0.39, 0.29) is 11.3 Å². The number of carbonyl (C=O) groups excluding carboxylic acids is 1. The predicted octanol–water partition coefficient (Wildman–Crippen LogP) is 2.93. The number of nitrogens with one attached hydrogen (secondary N) is 2. The lowest BCUT2D eigenvalue weighted by Crippen LogP contribution is -2.32. The molecule has 0 saturated heterocycles. The first-order valence-corrected chi connectivity index (χ1v) is 6.63. The molecule has 0 aliphatic heterocycles. The smallest absolute Gasteiger partial charge is 0.251 e. The molecule has 19 heavy (non-hydrogen) atoms. The second kappa shape index (κ2) is 5.99. The van der Waals surface area contributed by atoms with Gasteiger partial charge in [0.2, 0.25) is 0 Å². The van der Waals surface area contributed by atoms with E-state index in [1.807, 2.05) is 0 Å². The molecule has 3 nitrogen and oxygen atoms in total. The highest BCUT2D eigenvalue weighted by Gasteiger charge is 2.19. The van der Waals surface area contributed by atoms with Gasteiger partial charge in [-0.3, -0.25) is 4.79 Å². The molecule has 1 aromatic rings. The van der Waals surface area contributed by atoms with E-state index >= 15 is 0 Å². The first kappa shape index (κ1) is 13.8. The third kappa shape index (κ3) is 3.22. The van der Waals surface area contributed by atoms with Crippen molar-refractivity contribution in [2.24, 2.45) is 5.92 Å². The Morgan fingerprint density at radius 3 is 2.42 bits per heavy atom. The van der Waals surface area contributed by atoms with Crippen molar-refractivity contribution >= 4 is 11.6 Å². The Kier molecular flexibility index (Phi) is 4.35. The molecule has 104 valence electrons. The number of hydrogen-bond donors (Lipinski definition) is 2. The molecule has 0 unspecified atom stereocenters. The van der Waals surface area contributed by atoms with Gasteiger partial charge in [0.15, 0.2) is 0 Å². The minimum Gasteiger partial charge on any atom is -0.381 e.